The van der Waals surface area contributed by atoms with Gasteiger partial charge in [-0.1, -0.05) is 63.4 Å². The molecule has 1 aliphatic rings. The van der Waals surface area contributed by atoms with E-state index in [1.165, 1.54) is 5.56 Å². The molecule has 0 fully saturated rings. The van der Waals surface area contributed by atoms with Gasteiger partial charge in [0.05, 0.1) is 6.04 Å². The van der Waals surface area contributed by atoms with Crippen molar-refractivity contribution in [2.75, 3.05) is 0 Å². The molecule has 0 heterocycles. The Morgan fingerprint density at radius 3 is 2.52 bits per heavy atom. The number of hydrogen-bond donors (Lipinski definition) is 1. The van der Waals surface area contributed by atoms with Crippen LogP contribution in [0.15, 0.2) is 42.5 Å². The highest BCUT2D eigenvalue weighted by molar-refractivity contribution is 9.09. The lowest BCUT2D eigenvalue weighted by Crippen LogP contribution is -2.31. The van der Waals surface area contributed by atoms with Crippen molar-refractivity contribution in [3.05, 3.63) is 69.2 Å². The third-order valence-corrected chi connectivity index (χ3v) is 4.87. The minimum Gasteiger partial charge on any atom is -0.344 e. The van der Waals surface area contributed by atoms with Crippen LogP contribution in [-0.2, 0) is 6.42 Å². The van der Waals surface area contributed by atoms with Crippen LogP contribution in [0.1, 0.15) is 27.5 Å². The van der Waals surface area contributed by atoms with Crippen LogP contribution in [0.25, 0.3) is 0 Å². The van der Waals surface area contributed by atoms with Crippen LogP contribution < -0.4 is 5.32 Å². The number of hydrogen-bond acceptors (Lipinski definition) is 1. The first kappa shape index (κ1) is 14.9. The molecule has 2 aromatic rings. The number of carbonyl (C=O) groups is 1. The molecule has 0 bridgehead atoms. The normalized spacial score (nSPS) is 20.1. The zero-order valence-electron chi connectivity index (χ0n) is 10.9. The Balaban J connectivity index is 1.85. The Kier molecular flexibility index (Phi) is 4.25. The lowest BCUT2D eigenvalue weighted by molar-refractivity contribution is 0.0938. The maximum absolute atomic E-state index is 12.4. The van der Waals surface area contributed by atoms with Crippen molar-refractivity contribution in [1.29, 1.82) is 0 Å². The highest BCUT2D eigenvalue weighted by Crippen LogP contribution is 2.36. The minimum atomic E-state index is -0.175. The summed E-state index contributed by atoms with van der Waals surface area (Å²) in [7, 11) is 0. The van der Waals surface area contributed by atoms with Gasteiger partial charge in [0.25, 0.3) is 5.91 Å². The third-order valence-electron chi connectivity index (χ3n) is 3.58. The summed E-state index contributed by atoms with van der Waals surface area (Å²) in [5.41, 5.74) is 2.88. The van der Waals surface area contributed by atoms with E-state index < -0.39 is 0 Å². The smallest absolute Gasteiger partial charge is 0.251 e. The van der Waals surface area contributed by atoms with Gasteiger partial charge in [0.2, 0.25) is 0 Å². The number of carbonyl (C=O) groups excluding carboxylic acids is 1. The fourth-order valence-corrected chi connectivity index (χ4v) is 3.92. The molecule has 0 aliphatic heterocycles. The number of rotatable bonds is 2. The van der Waals surface area contributed by atoms with Crippen LogP contribution in [-0.4, -0.2) is 10.7 Å². The molecule has 1 amide bonds. The summed E-state index contributed by atoms with van der Waals surface area (Å²) in [6, 6.07) is 12.9. The average Bonchev–Trinajstić information content (AvgIpc) is 2.74. The van der Waals surface area contributed by atoms with Gasteiger partial charge in [-0.25, -0.2) is 0 Å². The standard InChI is InChI=1S/C16H12BrCl2NO/c17-14-7-9-3-1-2-4-13(9)15(14)20-16(21)10-5-11(18)8-12(19)6-10/h1-6,8,14-15H,7H2,(H,20,21). The van der Waals surface area contributed by atoms with Crippen LogP contribution in [0.3, 0.4) is 0 Å². The minimum absolute atomic E-state index is 0.0496. The molecule has 1 N–H and O–H groups in total. The molecule has 21 heavy (non-hydrogen) atoms. The van der Waals surface area contributed by atoms with Crippen LogP contribution in [0.2, 0.25) is 10.0 Å². The van der Waals surface area contributed by atoms with Crippen LogP contribution in [0.4, 0.5) is 0 Å². The van der Waals surface area contributed by atoms with Gasteiger partial charge in [-0.3, -0.25) is 4.79 Å². The van der Waals surface area contributed by atoms with E-state index in [0.29, 0.717) is 15.6 Å². The summed E-state index contributed by atoms with van der Waals surface area (Å²) < 4.78 is 0. The fourth-order valence-electron chi connectivity index (χ4n) is 2.62. The van der Waals surface area contributed by atoms with Crippen LogP contribution in [0.5, 0.6) is 0 Å². The predicted molar refractivity (Wildman–Crippen MR) is 89.5 cm³/mol. The molecule has 2 nitrogen and oxygen atoms in total. The molecule has 0 aromatic heterocycles. The number of alkyl halides is 1. The summed E-state index contributed by atoms with van der Waals surface area (Å²) in [6.07, 6.45) is 0.900. The van der Waals surface area contributed by atoms with Crippen molar-refractivity contribution in [2.24, 2.45) is 0 Å². The molecule has 108 valence electrons. The molecule has 1 aliphatic carbocycles. The Morgan fingerprint density at radius 2 is 1.81 bits per heavy atom. The van der Waals surface area contributed by atoms with Gasteiger partial charge in [-0.15, -0.1) is 0 Å². The molecule has 3 rings (SSSR count). The first-order valence-electron chi connectivity index (χ1n) is 6.53. The maximum Gasteiger partial charge on any atom is 0.251 e. The average molecular weight is 385 g/mol. The van der Waals surface area contributed by atoms with E-state index in [0.717, 1.165) is 12.0 Å². The zero-order chi connectivity index (χ0) is 15.0. The second-order valence-electron chi connectivity index (χ2n) is 5.03. The van der Waals surface area contributed by atoms with E-state index in [1.807, 2.05) is 18.2 Å². The topological polar surface area (TPSA) is 29.1 Å². The number of nitrogens with one attached hydrogen (secondary N) is 1. The van der Waals surface area contributed by atoms with E-state index in [9.17, 15) is 4.79 Å². The summed E-state index contributed by atoms with van der Waals surface area (Å²) in [4.78, 5) is 12.6. The lowest BCUT2D eigenvalue weighted by Gasteiger charge is -2.18. The van der Waals surface area contributed by atoms with E-state index >= 15 is 0 Å². The van der Waals surface area contributed by atoms with Gasteiger partial charge < -0.3 is 5.32 Å². The number of benzene rings is 2. The zero-order valence-corrected chi connectivity index (χ0v) is 14.0. The van der Waals surface area contributed by atoms with E-state index in [1.54, 1.807) is 18.2 Å². The van der Waals surface area contributed by atoms with Crippen molar-refractivity contribution in [3.8, 4) is 0 Å². The van der Waals surface area contributed by atoms with Crippen LogP contribution in [0, 0.1) is 0 Å². The molecule has 2 unspecified atom stereocenters. The van der Waals surface area contributed by atoms with Gasteiger partial charge >= 0.3 is 0 Å². The summed E-state index contributed by atoms with van der Waals surface area (Å²) >= 11 is 15.5. The second-order valence-corrected chi connectivity index (χ2v) is 7.08. The molecule has 0 saturated heterocycles. The largest absolute Gasteiger partial charge is 0.344 e. The Labute approximate surface area is 141 Å². The molecule has 5 heteroatoms. The summed E-state index contributed by atoms with van der Waals surface area (Å²) in [5, 5.41) is 3.96. The van der Waals surface area contributed by atoms with E-state index in [2.05, 4.69) is 27.3 Å². The third kappa shape index (κ3) is 3.10. The van der Waals surface area contributed by atoms with Gasteiger partial charge in [-0.05, 0) is 35.7 Å². The van der Waals surface area contributed by atoms with Crippen molar-refractivity contribution in [2.45, 2.75) is 17.3 Å². The quantitative estimate of drug-likeness (QED) is 0.741. The predicted octanol–water partition coefficient (Wildman–Crippen LogP) is 4.78. The Morgan fingerprint density at radius 1 is 1.14 bits per heavy atom. The van der Waals surface area contributed by atoms with Crippen molar-refractivity contribution < 1.29 is 4.79 Å². The SMILES string of the molecule is O=C(NC1c2ccccc2CC1Br)c1cc(Cl)cc(Cl)c1. The molecule has 0 spiro atoms. The number of halogens is 3. The molecular formula is C16H12BrCl2NO. The van der Waals surface area contributed by atoms with E-state index in [-0.39, 0.29) is 16.8 Å². The van der Waals surface area contributed by atoms with Crippen molar-refractivity contribution >= 4 is 45.0 Å². The molecule has 0 saturated carbocycles. The fraction of sp³-hybridized carbons (Fsp3) is 0.188. The second kappa shape index (κ2) is 5.99. The van der Waals surface area contributed by atoms with Gasteiger partial charge in [-0.2, -0.15) is 0 Å². The van der Waals surface area contributed by atoms with Gasteiger partial charge in [0, 0.05) is 20.4 Å². The Bertz CT molecular complexity index is 684. The van der Waals surface area contributed by atoms with Gasteiger partial charge in [0.15, 0.2) is 0 Å². The van der Waals surface area contributed by atoms with Crippen molar-refractivity contribution in [3.63, 3.8) is 0 Å². The molecule has 2 aromatic carbocycles. The molecular weight excluding hydrogens is 373 g/mol. The highest BCUT2D eigenvalue weighted by Gasteiger charge is 2.31. The molecule has 0 radical (unpaired) electrons. The molecule has 2 atom stereocenters. The number of amides is 1. The lowest BCUT2D eigenvalue weighted by atomic mass is 10.1. The number of fused-ring (bicyclic) bond motifs is 1. The summed E-state index contributed by atoms with van der Waals surface area (Å²) in [5.74, 6) is -0.175. The van der Waals surface area contributed by atoms with Crippen molar-refractivity contribution in [1.82, 2.24) is 5.32 Å². The monoisotopic (exact) mass is 383 g/mol. The maximum atomic E-state index is 12.4. The van der Waals surface area contributed by atoms with Gasteiger partial charge in [0.1, 0.15) is 0 Å². The van der Waals surface area contributed by atoms with E-state index in [4.69, 9.17) is 23.2 Å². The first-order valence-corrected chi connectivity index (χ1v) is 8.20. The van der Waals surface area contributed by atoms with Crippen LogP contribution >= 0.6 is 39.1 Å². The summed E-state index contributed by atoms with van der Waals surface area (Å²) in [6.45, 7) is 0. The first-order chi connectivity index (χ1) is 10.0. The Hall–Kier alpha value is -1.03. The highest BCUT2D eigenvalue weighted by atomic mass is 79.9.